The molecule has 0 aliphatic rings. The molecule has 0 atom stereocenters. The molecule has 0 aliphatic carbocycles. The molecule has 3 aromatic rings. The Bertz CT molecular complexity index is 1020. The third kappa shape index (κ3) is 4.25. The highest BCUT2D eigenvalue weighted by atomic mass is 32.2. The fourth-order valence-corrected chi connectivity index (χ4v) is 3.11. The number of Topliss-reactive ketones (excluding diaryl/α,β-unsaturated/α-hetero) is 1. The molecule has 0 amide bonds. The first-order chi connectivity index (χ1) is 12.4. The van der Waals surface area contributed by atoms with Crippen molar-refractivity contribution >= 4 is 15.9 Å². The largest absolute Gasteiger partial charge is 0.439 e. The molecule has 0 saturated heterocycles. The number of ether oxygens (including phenoxy) is 1. The number of carbonyl (C=O) groups is 1. The van der Waals surface area contributed by atoms with Gasteiger partial charge < -0.3 is 8.92 Å². The Morgan fingerprint density at radius 1 is 0.923 bits per heavy atom. The summed E-state index contributed by atoms with van der Waals surface area (Å²) in [7, 11) is -4.05. The van der Waals surface area contributed by atoms with Crippen LogP contribution in [0.2, 0.25) is 0 Å². The number of aromatic nitrogens is 1. The Labute approximate surface area is 151 Å². The predicted octanol–water partition coefficient (Wildman–Crippen LogP) is 3.84. The van der Waals surface area contributed by atoms with Crippen LogP contribution in [-0.4, -0.2) is 19.2 Å². The van der Waals surface area contributed by atoms with Gasteiger partial charge in [-0.15, -0.1) is 0 Å². The minimum Gasteiger partial charge on any atom is -0.439 e. The molecule has 0 spiro atoms. The predicted molar refractivity (Wildman–Crippen MR) is 95.0 cm³/mol. The van der Waals surface area contributed by atoms with Crippen molar-refractivity contribution in [3.63, 3.8) is 0 Å². The average Bonchev–Trinajstić information content (AvgIpc) is 2.64. The van der Waals surface area contributed by atoms with Crippen molar-refractivity contribution in [2.75, 3.05) is 0 Å². The standard InChI is InChI=1S/C19H15NO5S/c1-14(21)15-5-4-6-18(13-15)26(22,23)25-17-10-8-16(9-11-17)24-19-7-2-3-12-20-19/h2-13H,1H3. The van der Waals surface area contributed by atoms with Crippen LogP contribution in [0.1, 0.15) is 17.3 Å². The van der Waals surface area contributed by atoms with E-state index in [-0.39, 0.29) is 16.4 Å². The van der Waals surface area contributed by atoms with Gasteiger partial charge in [-0.1, -0.05) is 18.2 Å². The van der Waals surface area contributed by atoms with Gasteiger partial charge in [-0.3, -0.25) is 4.79 Å². The molecule has 0 bridgehead atoms. The normalized spacial score (nSPS) is 11.0. The van der Waals surface area contributed by atoms with E-state index in [1.807, 2.05) is 0 Å². The molecule has 0 N–H and O–H groups in total. The zero-order valence-corrected chi connectivity index (χ0v) is 14.6. The Morgan fingerprint density at radius 3 is 2.31 bits per heavy atom. The second kappa shape index (κ2) is 7.37. The molecular formula is C19H15NO5S. The summed E-state index contributed by atoms with van der Waals surface area (Å²) < 4.78 is 35.4. The van der Waals surface area contributed by atoms with Crippen LogP contribution < -0.4 is 8.92 Å². The van der Waals surface area contributed by atoms with Crippen molar-refractivity contribution in [2.45, 2.75) is 11.8 Å². The molecule has 1 aromatic heterocycles. The van der Waals surface area contributed by atoms with Gasteiger partial charge >= 0.3 is 10.1 Å². The van der Waals surface area contributed by atoms with E-state index in [0.29, 0.717) is 17.2 Å². The van der Waals surface area contributed by atoms with Crippen LogP contribution in [0.4, 0.5) is 0 Å². The molecule has 7 heteroatoms. The summed E-state index contributed by atoms with van der Waals surface area (Å²) in [5.74, 6) is 0.825. The van der Waals surface area contributed by atoms with Crippen molar-refractivity contribution in [2.24, 2.45) is 0 Å². The summed E-state index contributed by atoms with van der Waals surface area (Å²) >= 11 is 0. The minimum absolute atomic E-state index is 0.0842. The lowest BCUT2D eigenvalue weighted by atomic mass is 10.2. The quantitative estimate of drug-likeness (QED) is 0.485. The van der Waals surface area contributed by atoms with E-state index in [0.717, 1.165) is 0 Å². The molecule has 6 nitrogen and oxygen atoms in total. The molecule has 2 aromatic carbocycles. The Hall–Kier alpha value is -3.19. The zero-order chi connectivity index (χ0) is 18.6. The number of hydrogen-bond acceptors (Lipinski definition) is 6. The van der Waals surface area contributed by atoms with Crippen LogP contribution in [0.25, 0.3) is 0 Å². The Kier molecular flexibility index (Phi) is 4.99. The fourth-order valence-electron chi connectivity index (χ4n) is 2.14. The summed E-state index contributed by atoms with van der Waals surface area (Å²) in [6, 6.07) is 17.1. The van der Waals surface area contributed by atoms with Crippen LogP contribution >= 0.6 is 0 Å². The van der Waals surface area contributed by atoms with Crippen molar-refractivity contribution in [1.82, 2.24) is 4.98 Å². The lowest BCUT2D eigenvalue weighted by molar-refractivity contribution is 0.101. The Balaban J connectivity index is 1.76. The van der Waals surface area contributed by atoms with E-state index in [4.69, 9.17) is 8.92 Å². The number of nitrogens with zero attached hydrogens (tertiary/aromatic N) is 1. The number of rotatable bonds is 6. The number of pyridine rings is 1. The first-order valence-electron chi connectivity index (χ1n) is 7.68. The molecule has 132 valence electrons. The van der Waals surface area contributed by atoms with Gasteiger partial charge in [-0.2, -0.15) is 8.42 Å². The average molecular weight is 369 g/mol. The van der Waals surface area contributed by atoms with Gasteiger partial charge in [0.05, 0.1) is 0 Å². The summed E-state index contributed by atoms with van der Waals surface area (Å²) in [5.41, 5.74) is 0.300. The third-order valence-corrected chi connectivity index (χ3v) is 4.66. The van der Waals surface area contributed by atoms with Crippen molar-refractivity contribution in [3.8, 4) is 17.4 Å². The van der Waals surface area contributed by atoms with Crippen molar-refractivity contribution < 1.29 is 22.1 Å². The zero-order valence-electron chi connectivity index (χ0n) is 13.8. The number of carbonyl (C=O) groups excluding carboxylic acids is 1. The second-order valence-corrected chi connectivity index (χ2v) is 6.91. The van der Waals surface area contributed by atoms with E-state index in [2.05, 4.69) is 4.98 Å². The summed E-state index contributed by atoms with van der Waals surface area (Å²) in [6.07, 6.45) is 1.61. The number of benzene rings is 2. The van der Waals surface area contributed by atoms with Gasteiger partial charge in [-0.05, 0) is 49.4 Å². The summed E-state index contributed by atoms with van der Waals surface area (Å²) in [4.78, 5) is 15.4. The van der Waals surface area contributed by atoms with E-state index >= 15 is 0 Å². The van der Waals surface area contributed by atoms with Gasteiger partial charge in [0.25, 0.3) is 0 Å². The minimum atomic E-state index is -4.05. The van der Waals surface area contributed by atoms with Crippen molar-refractivity contribution in [3.05, 3.63) is 78.5 Å². The van der Waals surface area contributed by atoms with Gasteiger partial charge in [0, 0.05) is 17.8 Å². The molecule has 0 saturated carbocycles. The summed E-state index contributed by atoms with van der Waals surface area (Å²) in [6.45, 7) is 1.37. The topological polar surface area (TPSA) is 82.6 Å². The van der Waals surface area contributed by atoms with Gasteiger partial charge in [0.15, 0.2) is 5.78 Å². The van der Waals surface area contributed by atoms with Crippen molar-refractivity contribution in [1.29, 1.82) is 0 Å². The highest BCUT2D eigenvalue weighted by molar-refractivity contribution is 7.87. The van der Waals surface area contributed by atoms with Crippen LogP contribution in [0.15, 0.2) is 77.8 Å². The van der Waals surface area contributed by atoms with Gasteiger partial charge in [0.1, 0.15) is 16.4 Å². The third-order valence-electron chi connectivity index (χ3n) is 3.42. The van der Waals surface area contributed by atoms with Crippen LogP contribution in [0.5, 0.6) is 17.4 Å². The molecule has 0 fully saturated rings. The highest BCUT2D eigenvalue weighted by Crippen LogP contribution is 2.24. The molecule has 1 heterocycles. The number of hydrogen-bond donors (Lipinski definition) is 0. The van der Waals surface area contributed by atoms with E-state index in [9.17, 15) is 13.2 Å². The maximum absolute atomic E-state index is 12.4. The first-order valence-corrected chi connectivity index (χ1v) is 9.09. The molecule has 0 unspecified atom stereocenters. The van der Waals surface area contributed by atoms with Crippen LogP contribution in [0.3, 0.4) is 0 Å². The summed E-state index contributed by atoms with van der Waals surface area (Å²) in [5, 5.41) is 0. The smallest absolute Gasteiger partial charge is 0.339 e. The maximum atomic E-state index is 12.4. The van der Waals surface area contributed by atoms with Crippen LogP contribution in [0, 0.1) is 0 Å². The first kappa shape index (κ1) is 17.6. The van der Waals surface area contributed by atoms with E-state index in [1.54, 1.807) is 42.6 Å². The van der Waals surface area contributed by atoms with E-state index in [1.165, 1.54) is 37.3 Å². The fraction of sp³-hybridized carbons (Fsp3) is 0.0526. The maximum Gasteiger partial charge on any atom is 0.339 e. The number of ketones is 1. The molecule has 0 aliphatic heterocycles. The monoisotopic (exact) mass is 369 g/mol. The highest BCUT2D eigenvalue weighted by Gasteiger charge is 2.18. The van der Waals surface area contributed by atoms with Gasteiger partial charge in [-0.25, -0.2) is 4.98 Å². The molecule has 26 heavy (non-hydrogen) atoms. The van der Waals surface area contributed by atoms with E-state index < -0.39 is 10.1 Å². The second-order valence-electron chi connectivity index (χ2n) is 5.36. The Morgan fingerprint density at radius 2 is 1.65 bits per heavy atom. The SMILES string of the molecule is CC(=O)c1cccc(S(=O)(=O)Oc2ccc(Oc3ccccn3)cc2)c1. The molecule has 0 radical (unpaired) electrons. The lowest BCUT2D eigenvalue weighted by Crippen LogP contribution is -2.10. The molecule has 3 rings (SSSR count). The molecular weight excluding hydrogens is 354 g/mol. The van der Waals surface area contributed by atoms with Crippen LogP contribution in [-0.2, 0) is 10.1 Å². The lowest BCUT2D eigenvalue weighted by Gasteiger charge is -2.09. The van der Waals surface area contributed by atoms with Gasteiger partial charge in [0.2, 0.25) is 5.88 Å².